The summed E-state index contributed by atoms with van der Waals surface area (Å²) < 4.78 is 5.56. The molecule has 0 unspecified atom stereocenters. The molecule has 3 nitrogen and oxygen atoms in total. The van der Waals surface area contributed by atoms with Gasteiger partial charge in [0.15, 0.2) is 0 Å². The van der Waals surface area contributed by atoms with E-state index < -0.39 is 0 Å². The Labute approximate surface area is 134 Å². The van der Waals surface area contributed by atoms with Gasteiger partial charge in [-0.05, 0) is 51.5 Å². The lowest BCUT2D eigenvalue weighted by Crippen LogP contribution is -2.17. The zero-order valence-corrected chi connectivity index (χ0v) is 14.5. The molecular formula is C15H21BrClNO2. The molecule has 0 atom stereocenters. The van der Waals surface area contributed by atoms with E-state index >= 15 is 0 Å². The third-order valence-corrected chi connectivity index (χ3v) is 3.09. The second-order valence-electron chi connectivity index (χ2n) is 5.29. The maximum Gasteiger partial charge on any atom is 0.129 e. The molecule has 0 radical (unpaired) electrons. The van der Waals surface area contributed by atoms with Gasteiger partial charge >= 0.3 is 0 Å². The Balaban J connectivity index is 2.69. The fourth-order valence-corrected chi connectivity index (χ4v) is 1.87. The van der Waals surface area contributed by atoms with E-state index in [1.807, 2.05) is 45.0 Å². The number of oxime groups is 1. The van der Waals surface area contributed by atoms with Gasteiger partial charge in [-0.1, -0.05) is 21.1 Å². The van der Waals surface area contributed by atoms with E-state index in [0.29, 0.717) is 17.8 Å². The Morgan fingerprint density at radius 1 is 1.25 bits per heavy atom. The molecule has 20 heavy (non-hydrogen) atoms. The first-order chi connectivity index (χ1) is 9.46. The number of nitrogens with zero attached hydrogens (tertiary/aromatic N) is 1. The van der Waals surface area contributed by atoms with Crippen LogP contribution in [0.4, 0.5) is 0 Å². The molecule has 0 aromatic heterocycles. The van der Waals surface area contributed by atoms with Gasteiger partial charge in [0.25, 0.3) is 0 Å². The first-order valence-electron chi connectivity index (χ1n) is 6.56. The van der Waals surface area contributed by atoms with Crippen molar-refractivity contribution in [3.63, 3.8) is 0 Å². The van der Waals surface area contributed by atoms with Crippen LogP contribution in [0, 0.1) is 0 Å². The minimum Gasteiger partial charge on any atom is -0.494 e. The van der Waals surface area contributed by atoms with Crippen LogP contribution in [0.3, 0.4) is 0 Å². The Kier molecular flexibility index (Phi) is 7.38. The smallest absolute Gasteiger partial charge is 0.129 e. The molecule has 0 aliphatic heterocycles. The van der Waals surface area contributed by atoms with Crippen LogP contribution in [0.5, 0.6) is 5.75 Å². The Morgan fingerprint density at radius 2 is 1.90 bits per heavy atom. The van der Waals surface area contributed by atoms with E-state index in [1.165, 1.54) is 0 Å². The normalized spacial score (nSPS) is 12.3. The van der Waals surface area contributed by atoms with Crippen LogP contribution in [0.1, 0.15) is 32.8 Å². The number of alkyl halides is 2. The molecule has 0 spiro atoms. The second kappa shape index (κ2) is 8.53. The lowest BCUT2D eigenvalue weighted by atomic mass is 10.1. The van der Waals surface area contributed by atoms with Crippen LogP contribution in [0.15, 0.2) is 29.4 Å². The minimum absolute atomic E-state index is 0.294. The molecule has 1 aromatic rings. The summed E-state index contributed by atoms with van der Waals surface area (Å²) in [4.78, 5) is 5.46. The van der Waals surface area contributed by atoms with Crippen LogP contribution in [-0.2, 0) is 4.84 Å². The first kappa shape index (κ1) is 17.3. The molecule has 0 bridgehead atoms. The van der Waals surface area contributed by atoms with E-state index in [2.05, 4.69) is 21.1 Å². The van der Waals surface area contributed by atoms with Crippen LogP contribution in [-0.4, -0.2) is 29.1 Å². The summed E-state index contributed by atoms with van der Waals surface area (Å²) in [6.07, 6.45) is 0.844. The van der Waals surface area contributed by atoms with Crippen molar-refractivity contribution in [2.45, 2.75) is 32.8 Å². The number of halogens is 2. The van der Waals surface area contributed by atoms with Crippen molar-refractivity contribution in [2.24, 2.45) is 5.16 Å². The maximum absolute atomic E-state index is 5.61. The van der Waals surface area contributed by atoms with Crippen molar-refractivity contribution in [1.29, 1.82) is 0 Å². The fraction of sp³-hybridized carbons (Fsp3) is 0.533. The van der Waals surface area contributed by atoms with Gasteiger partial charge in [-0.2, -0.15) is 0 Å². The highest BCUT2D eigenvalue weighted by atomic mass is 79.9. The summed E-state index contributed by atoms with van der Waals surface area (Å²) in [7, 11) is 0. The van der Waals surface area contributed by atoms with Crippen molar-refractivity contribution in [3.05, 3.63) is 29.8 Å². The van der Waals surface area contributed by atoms with Crippen molar-refractivity contribution in [1.82, 2.24) is 0 Å². The van der Waals surface area contributed by atoms with Gasteiger partial charge in [-0.15, -0.1) is 11.6 Å². The average Bonchev–Trinajstić information content (AvgIpc) is 2.40. The molecule has 0 aliphatic carbocycles. The van der Waals surface area contributed by atoms with E-state index in [0.717, 1.165) is 23.4 Å². The van der Waals surface area contributed by atoms with Gasteiger partial charge in [0.2, 0.25) is 0 Å². The largest absolute Gasteiger partial charge is 0.494 e. The van der Waals surface area contributed by atoms with Gasteiger partial charge < -0.3 is 9.57 Å². The molecule has 0 aliphatic rings. The molecule has 112 valence electrons. The van der Waals surface area contributed by atoms with Crippen molar-refractivity contribution in [3.8, 4) is 5.75 Å². The molecule has 5 heteroatoms. The van der Waals surface area contributed by atoms with E-state index in [-0.39, 0.29) is 5.60 Å². The average molecular weight is 363 g/mol. The number of hydrogen-bond acceptors (Lipinski definition) is 3. The zero-order valence-electron chi connectivity index (χ0n) is 12.2. The van der Waals surface area contributed by atoms with Crippen molar-refractivity contribution < 1.29 is 9.57 Å². The molecule has 1 rings (SSSR count). The quantitative estimate of drug-likeness (QED) is 0.307. The van der Waals surface area contributed by atoms with Crippen molar-refractivity contribution in [2.75, 3.05) is 17.8 Å². The highest BCUT2D eigenvalue weighted by Crippen LogP contribution is 2.15. The van der Waals surface area contributed by atoms with E-state index in [1.54, 1.807) is 0 Å². The molecule has 0 fully saturated rings. The van der Waals surface area contributed by atoms with Crippen LogP contribution in [0.25, 0.3) is 0 Å². The fourth-order valence-electron chi connectivity index (χ4n) is 1.33. The lowest BCUT2D eigenvalue weighted by Gasteiger charge is -2.16. The molecule has 0 N–H and O–H groups in total. The highest BCUT2D eigenvalue weighted by molar-refractivity contribution is 9.09. The Morgan fingerprint density at radius 3 is 2.40 bits per heavy atom. The minimum atomic E-state index is -0.294. The van der Waals surface area contributed by atoms with E-state index in [9.17, 15) is 0 Å². The number of rotatable bonds is 7. The van der Waals surface area contributed by atoms with E-state index in [4.69, 9.17) is 21.2 Å². The summed E-state index contributed by atoms with van der Waals surface area (Å²) in [6.45, 7) is 6.54. The molecular weight excluding hydrogens is 342 g/mol. The second-order valence-corrected chi connectivity index (χ2v) is 6.23. The van der Waals surface area contributed by atoms with Gasteiger partial charge in [-0.25, -0.2) is 0 Å². The summed E-state index contributed by atoms with van der Waals surface area (Å²) in [5, 5.41) is 4.83. The highest BCUT2D eigenvalue weighted by Gasteiger charge is 2.12. The topological polar surface area (TPSA) is 30.8 Å². The van der Waals surface area contributed by atoms with Crippen LogP contribution in [0.2, 0.25) is 0 Å². The maximum atomic E-state index is 5.61. The predicted octanol–water partition coefficient (Wildman–Crippen LogP) is 4.61. The van der Waals surface area contributed by atoms with Gasteiger partial charge in [0.05, 0.1) is 12.3 Å². The molecule has 1 aromatic carbocycles. The SMILES string of the molecule is CC(C)(C)ON=C(CBr)c1ccc(OCCCCl)cc1. The number of hydrogen-bond donors (Lipinski definition) is 0. The third kappa shape index (κ3) is 6.62. The molecule has 0 amide bonds. The summed E-state index contributed by atoms with van der Waals surface area (Å²) in [6, 6.07) is 7.81. The molecule has 0 saturated heterocycles. The standard InChI is InChI=1S/C15H21BrClNO2/c1-15(2,3)20-18-14(11-16)12-5-7-13(8-6-12)19-10-4-9-17/h5-8H,4,9-11H2,1-3H3. The predicted molar refractivity (Wildman–Crippen MR) is 88.4 cm³/mol. The zero-order chi connectivity index (χ0) is 15.0. The summed E-state index contributed by atoms with van der Waals surface area (Å²) in [5.74, 6) is 1.45. The molecule has 0 saturated carbocycles. The van der Waals surface area contributed by atoms with Gasteiger partial charge in [0.1, 0.15) is 11.4 Å². The third-order valence-electron chi connectivity index (χ3n) is 2.29. The van der Waals surface area contributed by atoms with Crippen LogP contribution >= 0.6 is 27.5 Å². The van der Waals surface area contributed by atoms with Gasteiger partial charge in [-0.3, -0.25) is 0 Å². The summed E-state index contributed by atoms with van der Waals surface area (Å²) in [5.41, 5.74) is 1.57. The van der Waals surface area contributed by atoms with Gasteiger partial charge in [0, 0.05) is 16.8 Å². The Hall–Kier alpha value is -0.740. The lowest BCUT2D eigenvalue weighted by molar-refractivity contribution is 0.00102. The first-order valence-corrected chi connectivity index (χ1v) is 8.22. The van der Waals surface area contributed by atoms with Crippen molar-refractivity contribution >= 4 is 33.2 Å². The monoisotopic (exact) mass is 361 g/mol. The number of ether oxygens (including phenoxy) is 1. The molecule has 0 heterocycles. The summed E-state index contributed by atoms with van der Waals surface area (Å²) >= 11 is 9.04. The number of benzene rings is 1. The van der Waals surface area contributed by atoms with Crippen LogP contribution < -0.4 is 4.74 Å². The Bertz CT molecular complexity index is 426.